The van der Waals surface area contributed by atoms with Crippen LogP contribution in [-0.2, 0) is 0 Å². The second kappa shape index (κ2) is 4.49. The molecule has 0 amide bonds. The van der Waals surface area contributed by atoms with Gasteiger partial charge in [-0.05, 0) is 31.5 Å². The lowest BCUT2D eigenvalue weighted by Gasteiger charge is -2.15. The highest BCUT2D eigenvalue weighted by molar-refractivity contribution is 6.30. The molecule has 0 saturated carbocycles. The summed E-state index contributed by atoms with van der Waals surface area (Å²) < 4.78 is 0. The van der Waals surface area contributed by atoms with Gasteiger partial charge in [0.05, 0.1) is 0 Å². The van der Waals surface area contributed by atoms with Crippen LogP contribution in [0.1, 0.15) is 12.5 Å². The molecule has 0 saturated heterocycles. The summed E-state index contributed by atoms with van der Waals surface area (Å²) in [6.45, 7) is 4.70. The van der Waals surface area contributed by atoms with E-state index in [4.69, 9.17) is 17.3 Å². The molecule has 0 aliphatic rings. The van der Waals surface area contributed by atoms with Crippen LogP contribution >= 0.6 is 11.6 Å². The summed E-state index contributed by atoms with van der Waals surface area (Å²) in [5.74, 6) is 0. The Bertz CT molecular complexity index is 286. The molecule has 0 heterocycles. The Kier molecular flexibility index (Phi) is 3.58. The van der Waals surface area contributed by atoms with Gasteiger partial charge in [-0.25, -0.2) is 0 Å². The van der Waals surface area contributed by atoms with Crippen molar-refractivity contribution in [1.29, 1.82) is 0 Å². The molecular weight excluding hydrogens is 184 g/mol. The smallest absolute Gasteiger partial charge is 0.0426 e. The maximum atomic E-state index is 5.87. The van der Waals surface area contributed by atoms with Crippen molar-refractivity contribution in [3.63, 3.8) is 0 Å². The van der Waals surface area contributed by atoms with E-state index in [0.717, 1.165) is 10.7 Å². The summed E-state index contributed by atoms with van der Waals surface area (Å²) in [6, 6.07) is 6.07. The Morgan fingerprint density at radius 3 is 2.85 bits per heavy atom. The normalized spacial score (nSPS) is 12.6. The molecule has 0 aliphatic heterocycles. The van der Waals surface area contributed by atoms with Crippen LogP contribution in [0.15, 0.2) is 18.2 Å². The monoisotopic (exact) mass is 198 g/mol. The molecule has 3 N–H and O–H groups in total. The predicted octanol–water partition coefficient (Wildman–Crippen LogP) is 2.41. The van der Waals surface area contributed by atoms with E-state index in [-0.39, 0.29) is 6.04 Å². The first-order valence-electron chi connectivity index (χ1n) is 4.36. The molecule has 0 aromatic heterocycles. The Hall–Kier alpha value is -0.730. The maximum Gasteiger partial charge on any atom is 0.0426 e. The number of aryl methyl sites for hydroxylation is 1. The molecule has 0 spiro atoms. The number of hydrogen-bond acceptors (Lipinski definition) is 2. The predicted molar refractivity (Wildman–Crippen MR) is 58.3 cm³/mol. The van der Waals surface area contributed by atoms with Crippen LogP contribution in [0.4, 0.5) is 5.69 Å². The third-order valence-corrected chi connectivity index (χ3v) is 2.19. The average molecular weight is 199 g/mol. The zero-order valence-corrected chi connectivity index (χ0v) is 8.73. The van der Waals surface area contributed by atoms with Gasteiger partial charge in [-0.15, -0.1) is 0 Å². The summed E-state index contributed by atoms with van der Waals surface area (Å²) in [7, 11) is 0. The quantitative estimate of drug-likeness (QED) is 0.783. The van der Waals surface area contributed by atoms with E-state index < -0.39 is 0 Å². The van der Waals surface area contributed by atoms with Gasteiger partial charge >= 0.3 is 0 Å². The zero-order valence-electron chi connectivity index (χ0n) is 7.97. The molecule has 0 radical (unpaired) electrons. The zero-order chi connectivity index (χ0) is 9.84. The lowest BCUT2D eigenvalue weighted by Crippen LogP contribution is -2.25. The van der Waals surface area contributed by atoms with Crippen LogP contribution in [0.25, 0.3) is 0 Å². The van der Waals surface area contributed by atoms with E-state index in [0.29, 0.717) is 6.54 Å². The van der Waals surface area contributed by atoms with Gasteiger partial charge in [-0.1, -0.05) is 17.7 Å². The highest BCUT2D eigenvalue weighted by Crippen LogP contribution is 2.20. The number of rotatable bonds is 3. The minimum Gasteiger partial charge on any atom is -0.381 e. The maximum absolute atomic E-state index is 5.87. The third kappa shape index (κ3) is 2.90. The number of nitrogens with two attached hydrogens (primary N) is 1. The fraction of sp³-hybridized carbons (Fsp3) is 0.400. The number of nitrogens with one attached hydrogen (secondary N) is 1. The number of anilines is 1. The summed E-state index contributed by atoms with van der Waals surface area (Å²) in [4.78, 5) is 0. The van der Waals surface area contributed by atoms with Gasteiger partial charge in [-0.2, -0.15) is 0 Å². The van der Waals surface area contributed by atoms with Crippen LogP contribution in [0.2, 0.25) is 5.02 Å². The highest BCUT2D eigenvalue weighted by atomic mass is 35.5. The van der Waals surface area contributed by atoms with Crippen molar-refractivity contribution in [2.75, 3.05) is 11.9 Å². The van der Waals surface area contributed by atoms with Crippen molar-refractivity contribution in [2.45, 2.75) is 19.9 Å². The SMILES string of the molecule is Cc1ccc(Cl)cc1NC(C)CN. The van der Waals surface area contributed by atoms with Crippen LogP contribution < -0.4 is 11.1 Å². The Balaban J connectivity index is 2.81. The van der Waals surface area contributed by atoms with E-state index in [9.17, 15) is 0 Å². The molecule has 13 heavy (non-hydrogen) atoms. The number of hydrogen-bond donors (Lipinski definition) is 2. The van der Waals surface area contributed by atoms with Crippen LogP contribution in [0, 0.1) is 6.92 Å². The van der Waals surface area contributed by atoms with Gasteiger partial charge in [0.2, 0.25) is 0 Å². The first-order valence-corrected chi connectivity index (χ1v) is 4.74. The molecule has 1 rings (SSSR count). The third-order valence-electron chi connectivity index (χ3n) is 1.96. The molecule has 1 aromatic carbocycles. The van der Waals surface area contributed by atoms with Gasteiger partial charge in [0, 0.05) is 23.3 Å². The first-order chi connectivity index (χ1) is 6.13. The lowest BCUT2D eigenvalue weighted by molar-refractivity contribution is 0.803. The van der Waals surface area contributed by atoms with Gasteiger partial charge in [0.25, 0.3) is 0 Å². The Morgan fingerprint density at radius 1 is 1.54 bits per heavy atom. The van der Waals surface area contributed by atoms with Gasteiger partial charge < -0.3 is 11.1 Å². The number of halogens is 1. The second-order valence-corrected chi connectivity index (χ2v) is 3.68. The second-order valence-electron chi connectivity index (χ2n) is 3.24. The van der Waals surface area contributed by atoms with E-state index >= 15 is 0 Å². The van der Waals surface area contributed by atoms with Gasteiger partial charge in [0.1, 0.15) is 0 Å². The number of benzene rings is 1. The fourth-order valence-electron chi connectivity index (χ4n) is 1.07. The molecule has 1 atom stereocenters. The first kappa shape index (κ1) is 10.4. The average Bonchev–Trinajstić information content (AvgIpc) is 2.11. The van der Waals surface area contributed by atoms with E-state index in [2.05, 4.69) is 5.32 Å². The van der Waals surface area contributed by atoms with Crippen LogP contribution in [0.5, 0.6) is 0 Å². The minimum atomic E-state index is 0.275. The van der Waals surface area contributed by atoms with Crippen molar-refractivity contribution in [3.05, 3.63) is 28.8 Å². The molecule has 1 aromatic rings. The standard InChI is InChI=1S/C10H15ClN2/c1-7-3-4-9(11)5-10(7)13-8(2)6-12/h3-5,8,13H,6,12H2,1-2H3. The molecule has 0 aliphatic carbocycles. The molecule has 3 heteroatoms. The lowest BCUT2D eigenvalue weighted by atomic mass is 10.2. The van der Waals surface area contributed by atoms with Gasteiger partial charge in [-0.3, -0.25) is 0 Å². The molecule has 0 bridgehead atoms. The molecule has 0 fully saturated rings. The van der Waals surface area contributed by atoms with Crippen molar-refractivity contribution >= 4 is 17.3 Å². The van der Waals surface area contributed by atoms with Crippen LogP contribution in [-0.4, -0.2) is 12.6 Å². The topological polar surface area (TPSA) is 38.0 Å². The molecular formula is C10H15ClN2. The molecule has 72 valence electrons. The van der Waals surface area contributed by atoms with Crippen molar-refractivity contribution in [3.8, 4) is 0 Å². The van der Waals surface area contributed by atoms with E-state index in [1.807, 2.05) is 32.0 Å². The summed E-state index contributed by atoms with van der Waals surface area (Å²) in [5.41, 5.74) is 7.76. The largest absolute Gasteiger partial charge is 0.381 e. The summed E-state index contributed by atoms with van der Waals surface area (Å²) >= 11 is 5.87. The summed E-state index contributed by atoms with van der Waals surface area (Å²) in [6.07, 6.45) is 0. The molecule has 2 nitrogen and oxygen atoms in total. The fourth-order valence-corrected chi connectivity index (χ4v) is 1.25. The van der Waals surface area contributed by atoms with E-state index in [1.54, 1.807) is 0 Å². The Labute approximate surface area is 84.1 Å². The highest BCUT2D eigenvalue weighted by Gasteiger charge is 2.02. The minimum absolute atomic E-state index is 0.275. The van der Waals surface area contributed by atoms with Gasteiger partial charge in [0.15, 0.2) is 0 Å². The van der Waals surface area contributed by atoms with Crippen molar-refractivity contribution in [2.24, 2.45) is 5.73 Å². The summed E-state index contributed by atoms with van der Waals surface area (Å²) in [5, 5.41) is 4.04. The molecule has 1 unspecified atom stereocenters. The van der Waals surface area contributed by atoms with Crippen molar-refractivity contribution < 1.29 is 0 Å². The van der Waals surface area contributed by atoms with Crippen molar-refractivity contribution in [1.82, 2.24) is 0 Å². The van der Waals surface area contributed by atoms with E-state index in [1.165, 1.54) is 5.56 Å². The van der Waals surface area contributed by atoms with Crippen LogP contribution in [0.3, 0.4) is 0 Å². The Morgan fingerprint density at radius 2 is 2.23 bits per heavy atom.